The molecule has 10 heteroatoms. The molecule has 3 N–H and O–H groups in total. The van der Waals surface area contributed by atoms with Crippen LogP contribution in [0.2, 0.25) is 0 Å². The Hall–Kier alpha value is -3.11. The highest BCUT2D eigenvalue weighted by molar-refractivity contribution is 7.92. The minimum atomic E-state index is -3.92. The minimum absolute atomic E-state index is 0.000564. The van der Waals surface area contributed by atoms with Crippen LogP contribution < -0.4 is 14.9 Å². The fraction of sp³-hybridized carbons (Fsp3) is 0.417. The average Bonchev–Trinajstić information content (AvgIpc) is 2.80. The number of nitrogens with one attached hydrogen (secondary N) is 2. The maximum Gasteiger partial charge on any atom is 0.335 e. The van der Waals surface area contributed by atoms with Gasteiger partial charge in [0.25, 0.3) is 10.0 Å². The van der Waals surface area contributed by atoms with Gasteiger partial charge in [0.05, 0.1) is 28.4 Å². The summed E-state index contributed by atoms with van der Waals surface area (Å²) in [5.74, 6) is -1.14. The Bertz CT molecular complexity index is 1130. The molecule has 0 aliphatic carbocycles. The zero-order valence-electron chi connectivity index (χ0n) is 19.6. The average molecular weight is 489 g/mol. The number of sulfonamides is 1. The summed E-state index contributed by atoms with van der Waals surface area (Å²) >= 11 is 0. The Morgan fingerprint density at radius 1 is 1.06 bits per heavy atom. The smallest absolute Gasteiger partial charge is 0.335 e. The molecule has 0 saturated carbocycles. The number of carboxylic acids is 1. The van der Waals surface area contributed by atoms with E-state index < -0.39 is 16.0 Å². The number of carboxylic acid groups (broad SMARTS) is 1. The van der Waals surface area contributed by atoms with E-state index in [1.165, 1.54) is 18.2 Å². The van der Waals surface area contributed by atoms with Gasteiger partial charge in [0, 0.05) is 32.7 Å². The monoisotopic (exact) mass is 488 g/mol. The third-order valence-electron chi connectivity index (χ3n) is 5.80. The van der Waals surface area contributed by atoms with Crippen LogP contribution in [0.4, 0.5) is 11.4 Å². The summed E-state index contributed by atoms with van der Waals surface area (Å²) in [5.41, 5.74) is 1.41. The molecule has 1 fully saturated rings. The van der Waals surface area contributed by atoms with E-state index in [4.69, 9.17) is 0 Å². The molecule has 9 nitrogen and oxygen atoms in total. The van der Waals surface area contributed by atoms with Gasteiger partial charge in [0.1, 0.15) is 0 Å². The Balaban J connectivity index is 1.76. The first-order chi connectivity index (χ1) is 16.2. The Kier molecular flexibility index (Phi) is 8.51. The number of piperazine rings is 1. The number of nitrogens with zero attached hydrogens (tertiary/aromatic N) is 2. The van der Waals surface area contributed by atoms with E-state index in [1.807, 2.05) is 4.90 Å². The highest BCUT2D eigenvalue weighted by Crippen LogP contribution is 2.31. The Morgan fingerprint density at radius 2 is 1.76 bits per heavy atom. The first kappa shape index (κ1) is 25.5. The first-order valence-electron chi connectivity index (χ1n) is 11.4. The van der Waals surface area contributed by atoms with Gasteiger partial charge < -0.3 is 15.3 Å². The standard InChI is InChI=1S/C24H32N4O5S/c1-3-4-11-25-23(29)17-27-12-14-28(15-13-27)21-10-9-19(24(30)31)16-20(21)26-34(32,33)22-8-6-5-7-18(22)2/h5-10,16,26H,3-4,11-15,17H2,1-2H3,(H,25,29)(H,30,31). The van der Waals surface area contributed by atoms with E-state index in [-0.39, 0.29) is 22.1 Å². The maximum absolute atomic E-state index is 13.1. The molecular formula is C24H32N4O5S. The highest BCUT2D eigenvalue weighted by Gasteiger charge is 2.24. The van der Waals surface area contributed by atoms with Crippen LogP contribution >= 0.6 is 0 Å². The molecule has 1 aliphatic rings. The van der Waals surface area contributed by atoms with Crippen molar-refractivity contribution in [1.29, 1.82) is 0 Å². The summed E-state index contributed by atoms with van der Waals surface area (Å²) in [6.45, 7) is 7.20. The summed E-state index contributed by atoms with van der Waals surface area (Å²) in [5, 5.41) is 12.3. The van der Waals surface area contributed by atoms with E-state index in [2.05, 4.69) is 21.9 Å². The van der Waals surface area contributed by atoms with Gasteiger partial charge in [0.15, 0.2) is 0 Å². The normalized spacial score (nSPS) is 14.6. The van der Waals surface area contributed by atoms with E-state index in [9.17, 15) is 23.1 Å². The largest absolute Gasteiger partial charge is 0.478 e. The second kappa shape index (κ2) is 11.3. The van der Waals surface area contributed by atoms with Crippen molar-refractivity contribution in [2.75, 3.05) is 48.9 Å². The van der Waals surface area contributed by atoms with Gasteiger partial charge >= 0.3 is 5.97 Å². The van der Waals surface area contributed by atoms with Crippen LogP contribution in [0.25, 0.3) is 0 Å². The summed E-state index contributed by atoms with van der Waals surface area (Å²) in [4.78, 5) is 27.9. The van der Waals surface area contributed by atoms with Crippen molar-refractivity contribution in [2.24, 2.45) is 0 Å². The number of aromatic carboxylic acids is 1. The number of benzene rings is 2. The van der Waals surface area contributed by atoms with Crippen molar-refractivity contribution in [1.82, 2.24) is 10.2 Å². The van der Waals surface area contributed by atoms with Crippen molar-refractivity contribution < 1.29 is 23.1 Å². The second-order valence-electron chi connectivity index (χ2n) is 8.37. The molecule has 2 aromatic carbocycles. The van der Waals surface area contributed by atoms with Gasteiger partial charge in [-0.3, -0.25) is 14.4 Å². The van der Waals surface area contributed by atoms with Gasteiger partial charge in [0.2, 0.25) is 5.91 Å². The van der Waals surface area contributed by atoms with Crippen molar-refractivity contribution in [3.63, 3.8) is 0 Å². The minimum Gasteiger partial charge on any atom is -0.478 e. The van der Waals surface area contributed by atoms with E-state index in [0.717, 1.165) is 12.8 Å². The van der Waals surface area contributed by atoms with Crippen molar-refractivity contribution in [3.05, 3.63) is 53.6 Å². The lowest BCUT2D eigenvalue weighted by Gasteiger charge is -2.36. The zero-order chi connectivity index (χ0) is 24.7. The number of unbranched alkanes of at least 4 members (excludes halogenated alkanes) is 1. The van der Waals surface area contributed by atoms with Crippen molar-refractivity contribution in [3.8, 4) is 0 Å². The second-order valence-corrected chi connectivity index (χ2v) is 10.0. The van der Waals surface area contributed by atoms with Crippen LogP contribution in [0, 0.1) is 6.92 Å². The van der Waals surface area contributed by atoms with Crippen molar-refractivity contribution in [2.45, 2.75) is 31.6 Å². The molecule has 2 aromatic rings. The van der Waals surface area contributed by atoms with Crippen LogP contribution in [0.3, 0.4) is 0 Å². The quantitative estimate of drug-likeness (QED) is 0.440. The number of carbonyl (C=O) groups is 2. The molecule has 1 amide bonds. The van der Waals surface area contributed by atoms with Gasteiger partial charge in [-0.05, 0) is 43.2 Å². The molecular weight excluding hydrogens is 456 g/mol. The molecule has 0 radical (unpaired) electrons. The number of hydrogen-bond acceptors (Lipinski definition) is 6. The summed E-state index contributed by atoms with van der Waals surface area (Å²) < 4.78 is 28.8. The van der Waals surface area contributed by atoms with Gasteiger partial charge in [-0.1, -0.05) is 31.5 Å². The number of aryl methyl sites for hydroxylation is 1. The van der Waals surface area contributed by atoms with Gasteiger partial charge in [-0.25, -0.2) is 13.2 Å². The lowest BCUT2D eigenvalue weighted by molar-refractivity contribution is -0.122. The molecule has 0 unspecified atom stereocenters. The molecule has 34 heavy (non-hydrogen) atoms. The predicted octanol–water partition coefficient (Wildman–Crippen LogP) is 2.53. The zero-order valence-corrected chi connectivity index (χ0v) is 20.4. The number of carbonyl (C=O) groups excluding carboxylic acids is 1. The Morgan fingerprint density at radius 3 is 2.41 bits per heavy atom. The molecule has 0 atom stereocenters. The summed E-state index contributed by atoms with van der Waals surface area (Å²) in [6, 6.07) is 11.1. The van der Waals surface area contributed by atoms with Gasteiger partial charge in [-0.15, -0.1) is 0 Å². The fourth-order valence-electron chi connectivity index (χ4n) is 3.89. The van der Waals surface area contributed by atoms with Crippen LogP contribution in [-0.4, -0.2) is 69.6 Å². The van der Waals surface area contributed by atoms with Crippen LogP contribution in [-0.2, 0) is 14.8 Å². The topological polar surface area (TPSA) is 119 Å². The maximum atomic E-state index is 13.1. The highest BCUT2D eigenvalue weighted by atomic mass is 32.2. The van der Waals surface area contributed by atoms with E-state index >= 15 is 0 Å². The predicted molar refractivity (Wildman–Crippen MR) is 132 cm³/mol. The first-order valence-corrected chi connectivity index (χ1v) is 12.9. The number of amides is 1. The lowest BCUT2D eigenvalue weighted by Crippen LogP contribution is -2.49. The van der Waals surface area contributed by atoms with Crippen LogP contribution in [0.5, 0.6) is 0 Å². The van der Waals surface area contributed by atoms with Crippen LogP contribution in [0.1, 0.15) is 35.7 Å². The molecule has 0 spiro atoms. The van der Waals surface area contributed by atoms with Crippen LogP contribution in [0.15, 0.2) is 47.4 Å². The van der Waals surface area contributed by atoms with Gasteiger partial charge in [-0.2, -0.15) is 0 Å². The molecule has 1 heterocycles. The SMILES string of the molecule is CCCCNC(=O)CN1CCN(c2ccc(C(=O)O)cc2NS(=O)(=O)c2ccccc2C)CC1. The van der Waals surface area contributed by atoms with E-state index in [0.29, 0.717) is 50.5 Å². The third-order valence-corrected chi connectivity index (χ3v) is 7.33. The third kappa shape index (κ3) is 6.48. The molecule has 184 valence electrons. The molecule has 0 aromatic heterocycles. The molecule has 1 aliphatic heterocycles. The number of rotatable bonds is 10. The summed E-state index contributed by atoms with van der Waals surface area (Å²) in [6.07, 6.45) is 1.97. The lowest BCUT2D eigenvalue weighted by atomic mass is 10.1. The number of hydrogen-bond donors (Lipinski definition) is 3. The fourth-order valence-corrected chi connectivity index (χ4v) is 5.21. The van der Waals surface area contributed by atoms with E-state index in [1.54, 1.807) is 31.2 Å². The number of anilines is 2. The van der Waals surface area contributed by atoms with Crippen molar-refractivity contribution >= 4 is 33.3 Å². The molecule has 3 rings (SSSR count). The molecule has 1 saturated heterocycles. The summed E-state index contributed by atoms with van der Waals surface area (Å²) in [7, 11) is -3.92. The molecule has 0 bridgehead atoms. The Labute approximate surface area is 200 Å².